The molecule has 0 saturated heterocycles. The zero-order valence-corrected chi connectivity index (χ0v) is 16.0. The summed E-state index contributed by atoms with van der Waals surface area (Å²) < 4.78 is 1.46. The van der Waals surface area contributed by atoms with Gasteiger partial charge in [-0.1, -0.05) is 48.5 Å². The highest BCUT2D eigenvalue weighted by atomic mass is 32.1. The summed E-state index contributed by atoms with van der Waals surface area (Å²) in [6, 6.07) is 16.9. The van der Waals surface area contributed by atoms with Gasteiger partial charge in [0.25, 0.3) is 0 Å². The molecule has 4 aromatic rings. The number of hydrogen-bond donors (Lipinski definition) is 1. The Kier molecular flexibility index (Phi) is 5.20. The Labute approximate surface area is 166 Å². The average molecular weight is 390 g/mol. The molecule has 1 atom stereocenters. The lowest BCUT2D eigenvalue weighted by molar-refractivity contribution is -0.123. The van der Waals surface area contributed by atoms with Crippen molar-refractivity contribution in [2.45, 2.75) is 19.5 Å². The smallest absolute Gasteiger partial charge is 0.249 e. The van der Waals surface area contributed by atoms with E-state index in [2.05, 4.69) is 25.8 Å². The van der Waals surface area contributed by atoms with Crippen LogP contribution in [0.2, 0.25) is 0 Å². The number of nitrogens with zero attached hydrogens (tertiary/aromatic N) is 5. The normalized spacial score (nSPS) is 11.9. The molecule has 0 aliphatic rings. The van der Waals surface area contributed by atoms with Crippen LogP contribution in [0.4, 0.5) is 0 Å². The maximum atomic E-state index is 12.9. The molecule has 2 aromatic carbocycles. The van der Waals surface area contributed by atoms with Crippen LogP contribution in [0.5, 0.6) is 0 Å². The van der Waals surface area contributed by atoms with Gasteiger partial charge in [0.2, 0.25) is 5.91 Å². The van der Waals surface area contributed by atoms with Gasteiger partial charge in [0, 0.05) is 23.2 Å². The molecule has 0 unspecified atom stereocenters. The Balaban J connectivity index is 1.51. The van der Waals surface area contributed by atoms with Gasteiger partial charge in [-0.15, -0.1) is 16.4 Å². The van der Waals surface area contributed by atoms with E-state index in [9.17, 15) is 4.79 Å². The van der Waals surface area contributed by atoms with Gasteiger partial charge < -0.3 is 5.32 Å². The predicted molar refractivity (Wildman–Crippen MR) is 107 cm³/mol. The number of amides is 1. The molecular weight excluding hydrogens is 372 g/mol. The number of aryl methyl sites for hydroxylation is 1. The molecular formula is C20H18N6OS. The van der Waals surface area contributed by atoms with Crippen LogP contribution in [0.1, 0.15) is 22.9 Å². The third-order valence-corrected chi connectivity index (χ3v) is 5.26. The van der Waals surface area contributed by atoms with E-state index in [1.54, 1.807) is 11.3 Å². The Morgan fingerprint density at radius 1 is 1.18 bits per heavy atom. The first-order valence-electron chi connectivity index (χ1n) is 8.77. The third kappa shape index (κ3) is 3.96. The molecule has 28 heavy (non-hydrogen) atoms. The minimum absolute atomic E-state index is 0.172. The first-order valence-corrected chi connectivity index (χ1v) is 9.65. The number of rotatable bonds is 6. The van der Waals surface area contributed by atoms with Crippen molar-refractivity contribution in [3.8, 4) is 10.6 Å². The summed E-state index contributed by atoms with van der Waals surface area (Å²) in [4.78, 5) is 17.5. The standard InChI is InChI=1S/C20H18N6OS/c1-14-12-28-20(23-14)17-9-5-6-15(10-17)11-21-19(27)18(26-13-22-24-25-26)16-7-3-2-4-8-16/h2-10,12-13,18H,11H2,1H3,(H,21,27)/t18-/m1/s1. The lowest BCUT2D eigenvalue weighted by Gasteiger charge is -2.16. The zero-order chi connectivity index (χ0) is 19.3. The summed E-state index contributed by atoms with van der Waals surface area (Å²) in [6.07, 6.45) is 1.45. The minimum Gasteiger partial charge on any atom is -0.350 e. The van der Waals surface area contributed by atoms with E-state index in [0.717, 1.165) is 27.4 Å². The average Bonchev–Trinajstić information content (AvgIpc) is 3.40. The summed E-state index contributed by atoms with van der Waals surface area (Å²) in [6.45, 7) is 2.38. The molecule has 140 valence electrons. The second-order valence-corrected chi connectivity index (χ2v) is 7.17. The molecule has 0 radical (unpaired) electrons. The Hall–Kier alpha value is -3.39. The van der Waals surface area contributed by atoms with Crippen LogP contribution in [0, 0.1) is 6.92 Å². The predicted octanol–water partition coefficient (Wildman–Crippen LogP) is 3.01. The van der Waals surface area contributed by atoms with Gasteiger partial charge in [-0.25, -0.2) is 9.67 Å². The van der Waals surface area contributed by atoms with Gasteiger partial charge in [-0.3, -0.25) is 4.79 Å². The van der Waals surface area contributed by atoms with Crippen molar-refractivity contribution in [1.29, 1.82) is 0 Å². The SMILES string of the molecule is Cc1csc(-c2cccc(CNC(=O)[C@@H](c3ccccc3)n3cnnn3)c2)n1. The highest BCUT2D eigenvalue weighted by Gasteiger charge is 2.23. The van der Waals surface area contributed by atoms with Crippen LogP contribution < -0.4 is 5.32 Å². The second-order valence-electron chi connectivity index (χ2n) is 6.32. The van der Waals surface area contributed by atoms with E-state index < -0.39 is 6.04 Å². The molecule has 4 rings (SSSR count). The summed E-state index contributed by atoms with van der Waals surface area (Å²) in [5.41, 5.74) is 3.87. The number of carbonyl (C=O) groups is 1. The molecule has 0 aliphatic carbocycles. The van der Waals surface area contributed by atoms with Crippen molar-refractivity contribution in [2.75, 3.05) is 0 Å². The maximum absolute atomic E-state index is 12.9. The number of hydrogen-bond acceptors (Lipinski definition) is 6. The Bertz CT molecular complexity index is 1060. The van der Waals surface area contributed by atoms with Crippen LogP contribution in [-0.4, -0.2) is 31.1 Å². The number of benzene rings is 2. The summed E-state index contributed by atoms with van der Waals surface area (Å²) >= 11 is 1.61. The van der Waals surface area contributed by atoms with Crippen molar-refractivity contribution < 1.29 is 4.79 Å². The van der Waals surface area contributed by atoms with Gasteiger partial charge in [-0.2, -0.15) is 0 Å². The number of nitrogens with one attached hydrogen (secondary N) is 1. The largest absolute Gasteiger partial charge is 0.350 e. The van der Waals surface area contributed by atoms with Crippen LogP contribution in [0.15, 0.2) is 66.3 Å². The monoisotopic (exact) mass is 390 g/mol. The molecule has 0 bridgehead atoms. The maximum Gasteiger partial charge on any atom is 0.249 e. The number of aromatic nitrogens is 5. The van der Waals surface area contributed by atoms with E-state index in [-0.39, 0.29) is 5.91 Å². The number of thiazole rings is 1. The Morgan fingerprint density at radius 3 is 2.75 bits per heavy atom. The van der Waals surface area contributed by atoms with Crippen LogP contribution in [-0.2, 0) is 11.3 Å². The second kappa shape index (κ2) is 8.10. The molecule has 2 heterocycles. The molecule has 0 spiro atoms. The van der Waals surface area contributed by atoms with E-state index in [4.69, 9.17) is 0 Å². The summed E-state index contributed by atoms with van der Waals surface area (Å²) in [5.74, 6) is -0.172. The zero-order valence-electron chi connectivity index (χ0n) is 15.2. The fraction of sp³-hybridized carbons (Fsp3) is 0.150. The van der Waals surface area contributed by atoms with Gasteiger partial charge in [0.1, 0.15) is 11.3 Å². The third-order valence-electron chi connectivity index (χ3n) is 4.25. The molecule has 7 nitrogen and oxygen atoms in total. The van der Waals surface area contributed by atoms with E-state index >= 15 is 0 Å². The van der Waals surface area contributed by atoms with E-state index in [1.165, 1.54) is 11.0 Å². The van der Waals surface area contributed by atoms with Crippen molar-refractivity contribution in [2.24, 2.45) is 0 Å². The highest BCUT2D eigenvalue weighted by Crippen LogP contribution is 2.24. The van der Waals surface area contributed by atoms with Crippen molar-refractivity contribution in [1.82, 2.24) is 30.5 Å². The number of carbonyl (C=O) groups excluding carboxylic acids is 1. The van der Waals surface area contributed by atoms with E-state index in [1.807, 2.05) is 66.9 Å². The lowest BCUT2D eigenvalue weighted by Crippen LogP contribution is -2.33. The fourth-order valence-corrected chi connectivity index (χ4v) is 3.73. The quantitative estimate of drug-likeness (QED) is 0.547. The van der Waals surface area contributed by atoms with Crippen LogP contribution >= 0.6 is 11.3 Å². The minimum atomic E-state index is -0.624. The van der Waals surface area contributed by atoms with Gasteiger partial charge >= 0.3 is 0 Å². The van der Waals surface area contributed by atoms with Gasteiger partial charge in [0.05, 0.1) is 0 Å². The van der Waals surface area contributed by atoms with Crippen LogP contribution in [0.25, 0.3) is 10.6 Å². The Morgan fingerprint density at radius 2 is 2.04 bits per heavy atom. The topological polar surface area (TPSA) is 85.6 Å². The van der Waals surface area contributed by atoms with Crippen molar-refractivity contribution in [3.63, 3.8) is 0 Å². The molecule has 0 fully saturated rings. The van der Waals surface area contributed by atoms with Crippen molar-refractivity contribution in [3.05, 3.63) is 83.1 Å². The highest BCUT2D eigenvalue weighted by molar-refractivity contribution is 7.13. The molecule has 2 aromatic heterocycles. The lowest BCUT2D eigenvalue weighted by atomic mass is 10.1. The van der Waals surface area contributed by atoms with E-state index in [0.29, 0.717) is 6.54 Å². The summed E-state index contributed by atoms with van der Waals surface area (Å²) in [5, 5.41) is 17.2. The summed E-state index contributed by atoms with van der Waals surface area (Å²) in [7, 11) is 0. The molecule has 0 saturated carbocycles. The van der Waals surface area contributed by atoms with Gasteiger partial charge in [-0.05, 0) is 34.5 Å². The fourth-order valence-electron chi connectivity index (χ4n) is 2.93. The van der Waals surface area contributed by atoms with Gasteiger partial charge in [0.15, 0.2) is 6.04 Å². The first kappa shape index (κ1) is 18.0. The molecule has 0 aliphatic heterocycles. The molecule has 8 heteroatoms. The first-order chi connectivity index (χ1) is 13.7. The van der Waals surface area contributed by atoms with Crippen molar-refractivity contribution >= 4 is 17.2 Å². The molecule has 1 amide bonds. The number of tetrazole rings is 1. The van der Waals surface area contributed by atoms with Crippen LogP contribution in [0.3, 0.4) is 0 Å². The molecule has 1 N–H and O–H groups in total.